The Labute approximate surface area is 126 Å². The zero-order valence-corrected chi connectivity index (χ0v) is 12.7. The Morgan fingerprint density at radius 2 is 1.43 bits per heavy atom. The van der Waals surface area contributed by atoms with Crippen molar-refractivity contribution in [3.05, 3.63) is 59.7 Å². The fourth-order valence-electron chi connectivity index (χ4n) is 2.62. The highest BCUT2D eigenvalue weighted by molar-refractivity contribution is 5.42. The minimum atomic E-state index is 0.929. The number of benzene rings is 2. The monoisotopic (exact) mass is 282 g/mol. The van der Waals surface area contributed by atoms with Crippen molar-refractivity contribution in [2.75, 3.05) is 27.2 Å². The van der Waals surface area contributed by atoms with Crippen molar-refractivity contribution in [2.24, 2.45) is 0 Å². The van der Waals surface area contributed by atoms with Gasteiger partial charge in [-0.25, -0.2) is 0 Å². The molecule has 21 heavy (non-hydrogen) atoms. The molecule has 0 radical (unpaired) electrons. The average Bonchev–Trinajstić information content (AvgIpc) is 2.46. The molecule has 110 valence electrons. The summed E-state index contributed by atoms with van der Waals surface area (Å²) < 4.78 is 6.12. The van der Waals surface area contributed by atoms with Gasteiger partial charge in [-0.3, -0.25) is 4.90 Å². The minimum Gasteiger partial charge on any atom is -0.457 e. The van der Waals surface area contributed by atoms with E-state index in [1.807, 2.05) is 12.1 Å². The van der Waals surface area contributed by atoms with Crippen molar-refractivity contribution in [3.63, 3.8) is 0 Å². The van der Waals surface area contributed by atoms with Crippen LogP contribution in [0.2, 0.25) is 0 Å². The van der Waals surface area contributed by atoms with E-state index in [9.17, 15) is 0 Å². The highest BCUT2D eigenvalue weighted by Crippen LogP contribution is 2.32. The second-order valence-corrected chi connectivity index (χ2v) is 5.83. The van der Waals surface area contributed by atoms with Crippen LogP contribution >= 0.6 is 0 Å². The molecule has 3 heteroatoms. The molecule has 0 bridgehead atoms. The van der Waals surface area contributed by atoms with Crippen LogP contribution in [0.25, 0.3) is 0 Å². The molecule has 0 fully saturated rings. The van der Waals surface area contributed by atoms with E-state index in [0.717, 1.165) is 37.7 Å². The SMILES string of the molecule is CN(C)CCN1Cc2ccccc2Oc2ccccc2C1. The van der Waals surface area contributed by atoms with Gasteiger partial charge in [-0.2, -0.15) is 0 Å². The van der Waals surface area contributed by atoms with Crippen LogP contribution in [0, 0.1) is 0 Å². The molecule has 0 saturated heterocycles. The van der Waals surface area contributed by atoms with Crippen molar-refractivity contribution in [1.82, 2.24) is 9.80 Å². The van der Waals surface area contributed by atoms with Gasteiger partial charge in [-0.1, -0.05) is 36.4 Å². The molecule has 0 spiro atoms. The van der Waals surface area contributed by atoms with Crippen LogP contribution in [0.4, 0.5) is 0 Å². The molecule has 0 aromatic heterocycles. The number of likely N-dealkylation sites (N-methyl/N-ethyl adjacent to an activating group) is 1. The lowest BCUT2D eigenvalue weighted by Gasteiger charge is -2.28. The zero-order valence-electron chi connectivity index (χ0n) is 12.7. The maximum absolute atomic E-state index is 6.12. The van der Waals surface area contributed by atoms with E-state index >= 15 is 0 Å². The van der Waals surface area contributed by atoms with E-state index in [0.29, 0.717) is 0 Å². The summed E-state index contributed by atoms with van der Waals surface area (Å²) in [6.45, 7) is 3.97. The summed E-state index contributed by atoms with van der Waals surface area (Å²) in [4.78, 5) is 4.72. The van der Waals surface area contributed by atoms with E-state index in [1.54, 1.807) is 0 Å². The van der Waals surface area contributed by atoms with Crippen LogP contribution in [-0.2, 0) is 13.1 Å². The van der Waals surface area contributed by atoms with Gasteiger partial charge < -0.3 is 9.64 Å². The van der Waals surface area contributed by atoms with E-state index in [1.165, 1.54) is 11.1 Å². The van der Waals surface area contributed by atoms with Gasteiger partial charge in [-0.15, -0.1) is 0 Å². The summed E-state index contributed by atoms with van der Waals surface area (Å²) in [7, 11) is 4.24. The Bertz CT molecular complexity index is 562. The number of rotatable bonds is 3. The highest BCUT2D eigenvalue weighted by Gasteiger charge is 2.17. The first-order valence-corrected chi connectivity index (χ1v) is 7.43. The van der Waals surface area contributed by atoms with Crippen LogP contribution in [0.5, 0.6) is 11.5 Å². The van der Waals surface area contributed by atoms with Gasteiger partial charge in [0.2, 0.25) is 0 Å². The Kier molecular flexibility index (Phi) is 4.23. The Hall–Kier alpha value is -1.84. The molecule has 0 atom stereocenters. The Morgan fingerprint density at radius 1 is 0.905 bits per heavy atom. The number of nitrogens with zero attached hydrogens (tertiary/aromatic N) is 2. The lowest BCUT2D eigenvalue weighted by atomic mass is 10.1. The van der Waals surface area contributed by atoms with Crippen molar-refractivity contribution >= 4 is 0 Å². The van der Waals surface area contributed by atoms with Crippen molar-refractivity contribution in [2.45, 2.75) is 13.1 Å². The van der Waals surface area contributed by atoms with Crippen molar-refractivity contribution in [3.8, 4) is 11.5 Å². The lowest BCUT2D eigenvalue weighted by molar-refractivity contribution is 0.218. The summed E-state index contributed by atoms with van der Waals surface area (Å²) >= 11 is 0. The van der Waals surface area contributed by atoms with Crippen LogP contribution in [0.1, 0.15) is 11.1 Å². The lowest BCUT2D eigenvalue weighted by Crippen LogP contribution is -2.31. The number of hydrogen-bond acceptors (Lipinski definition) is 3. The first kappa shape index (κ1) is 14.1. The van der Waals surface area contributed by atoms with Crippen LogP contribution in [0.3, 0.4) is 0 Å². The summed E-state index contributed by atoms with van der Waals surface area (Å²) in [5, 5.41) is 0. The van der Waals surface area contributed by atoms with E-state index < -0.39 is 0 Å². The second kappa shape index (κ2) is 6.29. The van der Waals surface area contributed by atoms with Crippen LogP contribution in [0.15, 0.2) is 48.5 Å². The first-order valence-electron chi connectivity index (χ1n) is 7.43. The maximum Gasteiger partial charge on any atom is 0.131 e. The summed E-state index contributed by atoms with van der Waals surface area (Å²) in [5.41, 5.74) is 2.51. The van der Waals surface area contributed by atoms with Gasteiger partial charge in [0.15, 0.2) is 0 Å². The molecule has 0 N–H and O–H groups in total. The van der Waals surface area contributed by atoms with Gasteiger partial charge in [0.05, 0.1) is 0 Å². The van der Waals surface area contributed by atoms with Crippen molar-refractivity contribution in [1.29, 1.82) is 0 Å². The number of hydrogen-bond donors (Lipinski definition) is 0. The molecule has 2 aromatic rings. The molecule has 2 aromatic carbocycles. The molecule has 1 aliphatic heterocycles. The number of ether oxygens (including phenoxy) is 1. The van der Waals surface area contributed by atoms with Gasteiger partial charge >= 0.3 is 0 Å². The molecule has 1 aliphatic rings. The van der Waals surface area contributed by atoms with Gasteiger partial charge in [-0.05, 0) is 26.2 Å². The third kappa shape index (κ3) is 3.43. The maximum atomic E-state index is 6.12. The third-order valence-corrected chi connectivity index (χ3v) is 3.82. The Balaban J connectivity index is 1.92. The predicted molar refractivity (Wildman–Crippen MR) is 85.6 cm³/mol. The molecular weight excluding hydrogens is 260 g/mol. The standard InChI is InChI=1S/C18H22N2O/c1-19(2)11-12-20-13-15-7-3-5-9-17(15)21-18-10-6-4-8-16(18)14-20/h3-10H,11-14H2,1-2H3. The smallest absolute Gasteiger partial charge is 0.131 e. The zero-order chi connectivity index (χ0) is 14.7. The molecule has 0 amide bonds. The predicted octanol–water partition coefficient (Wildman–Crippen LogP) is 3.36. The van der Waals surface area contributed by atoms with E-state index in [4.69, 9.17) is 4.74 Å². The van der Waals surface area contributed by atoms with E-state index in [-0.39, 0.29) is 0 Å². The fraction of sp³-hybridized carbons (Fsp3) is 0.333. The third-order valence-electron chi connectivity index (χ3n) is 3.82. The van der Waals surface area contributed by atoms with Gasteiger partial charge in [0, 0.05) is 37.3 Å². The molecular formula is C18H22N2O. The summed E-state index contributed by atoms with van der Waals surface area (Å²) in [5.74, 6) is 1.94. The largest absolute Gasteiger partial charge is 0.457 e. The van der Waals surface area contributed by atoms with Gasteiger partial charge in [0.25, 0.3) is 0 Å². The molecule has 3 nitrogen and oxygen atoms in total. The number of para-hydroxylation sites is 2. The van der Waals surface area contributed by atoms with Crippen molar-refractivity contribution < 1.29 is 4.74 Å². The quantitative estimate of drug-likeness (QED) is 0.858. The molecule has 0 aliphatic carbocycles. The van der Waals surface area contributed by atoms with Crippen LogP contribution in [-0.4, -0.2) is 37.0 Å². The molecule has 1 heterocycles. The first-order chi connectivity index (χ1) is 10.2. The molecule has 3 rings (SSSR count). The molecule has 0 saturated carbocycles. The van der Waals surface area contributed by atoms with Crippen LogP contribution < -0.4 is 4.74 Å². The highest BCUT2D eigenvalue weighted by atomic mass is 16.5. The minimum absolute atomic E-state index is 0.929. The second-order valence-electron chi connectivity index (χ2n) is 5.83. The number of fused-ring (bicyclic) bond motifs is 2. The molecule has 0 unspecified atom stereocenters. The normalized spacial score (nSPS) is 14.8. The fourth-order valence-corrected chi connectivity index (χ4v) is 2.62. The van der Waals surface area contributed by atoms with E-state index in [2.05, 4.69) is 60.3 Å². The Morgan fingerprint density at radius 3 is 1.95 bits per heavy atom. The summed E-state index contributed by atoms with van der Waals surface area (Å²) in [6.07, 6.45) is 0. The summed E-state index contributed by atoms with van der Waals surface area (Å²) in [6, 6.07) is 16.7. The average molecular weight is 282 g/mol. The van der Waals surface area contributed by atoms with Gasteiger partial charge in [0.1, 0.15) is 11.5 Å². The topological polar surface area (TPSA) is 15.7 Å².